The summed E-state index contributed by atoms with van der Waals surface area (Å²) < 4.78 is 0. The van der Waals surface area contributed by atoms with Gasteiger partial charge in [-0.3, -0.25) is 4.90 Å². The van der Waals surface area contributed by atoms with Gasteiger partial charge in [-0.25, -0.2) is 0 Å². The molecule has 0 spiro atoms. The van der Waals surface area contributed by atoms with E-state index in [9.17, 15) is 0 Å². The van der Waals surface area contributed by atoms with Gasteiger partial charge in [-0.1, -0.05) is 24.3 Å². The lowest BCUT2D eigenvalue weighted by molar-refractivity contribution is 0.148. The highest BCUT2D eigenvalue weighted by Gasteiger charge is 2.13. The largest absolute Gasteiger partial charge is 0.319 e. The number of piperazine rings is 1. The van der Waals surface area contributed by atoms with E-state index in [1.807, 2.05) is 7.05 Å². The Morgan fingerprint density at radius 3 is 2.22 bits per heavy atom. The fraction of sp³-hybridized carbons (Fsp3) is 0.600. The molecule has 1 aromatic rings. The fourth-order valence-electron chi connectivity index (χ4n) is 2.34. The molecule has 0 saturated carbocycles. The molecule has 0 atom stereocenters. The second kappa shape index (κ2) is 6.88. The maximum atomic E-state index is 3.19. The summed E-state index contributed by atoms with van der Waals surface area (Å²) in [4.78, 5) is 4.94. The number of nitrogens with one attached hydrogen (secondary N) is 1. The molecule has 0 radical (unpaired) electrons. The van der Waals surface area contributed by atoms with Crippen LogP contribution < -0.4 is 5.32 Å². The highest BCUT2D eigenvalue weighted by molar-refractivity contribution is 5.22. The molecule has 100 valence electrons. The van der Waals surface area contributed by atoms with Gasteiger partial charge in [0.2, 0.25) is 0 Å². The summed E-state index contributed by atoms with van der Waals surface area (Å²) in [6.45, 7) is 6.93. The van der Waals surface area contributed by atoms with E-state index in [1.165, 1.54) is 37.3 Å². The molecule has 18 heavy (non-hydrogen) atoms. The van der Waals surface area contributed by atoms with Gasteiger partial charge in [0.25, 0.3) is 0 Å². The summed E-state index contributed by atoms with van der Waals surface area (Å²) >= 11 is 0. The van der Waals surface area contributed by atoms with Gasteiger partial charge in [0.15, 0.2) is 0 Å². The maximum absolute atomic E-state index is 3.19. The molecule has 0 aliphatic carbocycles. The minimum Gasteiger partial charge on any atom is -0.319 e. The van der Waals surface area contributed by atoms with E-state index in [4.69, 9.17) is 0 Å². The number of rotatable bonds is 5. The molecular formula is C15H25N3. The summed E-state index contributed by atoms with van der Waals surface area (Å²) in [6.07, 6.45) is 1.12. The zero-order valence-electron chi connectivity index (χ0n) is 11.7. The van der Waals surface area contributed by atoms with Crippen molar-refractivity contribution in [3.8, 4) is 0 Å². The Balaban J connectivity index is 1.82. The zero-order valence-corrected chi connectivity index (χ0v) is 11.7. The van der Waals surface area contributed by atoms with Gasteiger partial charge < -0.3 is 10.2 Å². The Labute approximate surface area is 111 Å². The van der Waals surface area contributed by atoms with E-state index in [0.29, 0.717) is 0 Å². The molecule has 1 aromatic carbocycles. The number of nitrogens with zero attached hydrogens (tertiary/aromatic N) is 2. The molecule has 1 saturated heterocycles. The van der Waals surface area contributed by atoms with Crippen LogP contribution in [-0.4, -0.2) is 56.6 Å². The summed E-state index contributed by atoms with van der Waals surface area (Å²) in [5.41, 5.74) is 2.86. The molecule has 0 unspecified atom stereocenters. The molecule has 1 aliphatic rings. The molecule has 0 amide bonds. The quantitative estimate of drug-likeness (QED) is 0.843. The van der Waals surface area contributed by atoms with E-state index >= 15 is 0 Å². The molecule has 1 aliphatic heterocycles. The van der Waals surface area contributed by atoms with E-state index in [0.717, 1.165) is 19.5 Å². The third kappa shape index (κ3) is 4.09. The zero-order chi connectivity index (χ0) is 12.8. The summed E-state index contributed by atoms with van der Waals surface area (Å²) in [6, 6.07) is 9.10. The lowest BCUT2D eigenvalue weighted by atomic mass is 10.1. The Morgan fingerprint density at radius 1 is 1.00 bits per heavy atom. The molecule has 3 nitrogen and oxygen atoms in total. The molecule has 0 aromatic heterocycles. The Morgan fingerprint density at radius 2 is 1.61 bits per heavy atom. The van der Waals surface area contributed by atoms with E-state index in [1.54, 1.807) is 0 Å². The third-order valence-electron chi connectivity index (χ3n) is 3.69. The van der Waals surface area contributed by atoms with Crippen LogP contribution in [0.15, 0.2) is 24.3 Å². The first-order chi connectivity index (χ1) is 8.78. The van der Waals surface area contributed by atoms with E-state index < -0.39 is 0 Å². The predicted octanol–water partition coefficient (Wildman–Crippen LogP) is 1.20. The molecule has 1 heterocycles. The van der Waals surface area contributed by atoms with Crippen molar-refractivity contribution in [2.45, 2.75) is 13.0 Å². The van der Waals surface area contributed by atoms with Crippen molar-refractivity contribution >= 4 is 0 Å². The molecule has 3 heteroatoms. The minimum atomic E-state index is 1.05. The highest BCUT2D eigenvalue weighted by Crippen LogP contribution is 2.09. The Bertz CT molecular complexity index is 339. The van der Waals surface area contributed by atoms with Gasteiger partial charge in [-0.2, -0.15) is 0 Å². The van der Waals surface area contributed by atoms with Gasteiger partial charge in [0, 0.05) is 32.7 Å². The average molecular weight is 247 g/mol. The third-order valence-corrected chi connectivity index (χ3v) is 3.69. The van der Waals surface area contributed by atoms with Gasteiger partial charge in [-0.05, 0) is 38.2 Å². The molecule has 0 bridgehead atoms. The van der Waals surface area contributed by atoms with Crippen LogP contribution in [0, 0.1) is 0 Å². The smallest absolute Gasteiger partial charge is 0.0234 e. The van der Waals surface area contributed by atoms with Crippen molar-refractivity contribution < 1.29 is 0 Å². The highest BCUT2D eigenvalue weighted by atomic mass is 15.2. The first kappa shape index (κ1) is 13.5. The summed E-state index contributed by atoms with van der Waals surface area (Å²) in [7, 11) is 4.20. The summed E-state index contributed by atoms with van der Waals surface area (Å²) in [5.74, 6) is 0. The molecule has 1 fully saturated rings. The number of likely N-dealkylation sites (N-methyl/N-ethyl adjacent to an activating group) is 2. The second-order valence-corrected chi connectivity index (χ2v) is 5.25. The van der Waals surface area contributed by atoms with Crippen molar-refractivity contribution in [1.82, 2.24) is 15.1 Å². The standard InChI is InChI=1S/C15H25N3/c1-16-8-7-14-3-5-15(6-4-14)13-18-11-9-17(2)10-12-18/h3-6,16H,7-13H2,1-2H3. The van der Waals surface area contributed by atoms with Crippen LogP contribution in [0.5, 0.6) is 0 Å². The van der Waals surface area contributed by atoms with E-state index in [2.05, 4.69) is 46.4 Å². The monoisotopic (exact) mass is 247 g/mol. The van der Waals surface area contributed by atoms with Crippen molar-refractivity contribution in [2.75, 3.05) is 46.8 Å². The van der Waals surface area contributed by atoms with Crippen LogP contribution in [-0.2, 0) is 13.0 Å². The van der Waals surface area contributed by atoms with Crippen LogP contribution in [0.2, 0.25) is 0 Å². The number of hydrogen-bond donors (Lipinski definition) is 1. The van der Waals surface area contributed by atoms with E-state index in [-0.39, 0.29) is 0 Å². The lowest BCUT2D eigenvalue weighted by Crippen LogP contribution is -2.43. The van der Waals surface area contributed by atoms with Crippen LogP contribution in [0.4, 0.5) is 0 Å². The van der Waals surface area contributed by atoms with Crippen LogP contribution in [0.3, 0.4) is 0 Å². The van der Waals surface area contributed by atoms with Crippen LogP contribution in [0.1, 0.15) is 11.1 Å². The SMILES string of the molecule is CNCCc1ccc(CN2CCN(C)CC2)cc1. The Hall–Kier alpha value is -0.900. The number of hydrogen-bond acceptors (Lipinski definition) is 3. The topological polar surface area (TPSA) is 18.5 Å². The van der Waals surface area contributed by atoms with Crippen molar-refractivity contribution in [3.63, 3.8) is 0 Å². The maximum Gasteiger partial charge on any atom is 0.0234 e. The van der Waals surface area contributed by atoms with Crippen LogP contribution in [0.25, 0.3) is 0 Å². The molecule has 2 rings (SSSR count). The van der Waals surface area contributed by atoms with Crippen LogP contribution >= 0.6 is 0 Å². The number of benzene rings is 1. The molecule has 1 N–H and O–H groups in total. The fourth-order valence-corrected chi connectivity index (χ4v) is 2.34. The van der Waals surface area contributed by atoms with Crippen molar-refractivity contribution in [2.24, 2.45) is 0 Å². The van der Waals surface area contributed by atoms with Gasteiger partial charge in [0.1, 0.15) is 0 Å². The first-order valence-electron chi connectivity index (χ1n) is 6.91. The van der Waals surface area contributed by atoms with Gasteiger partial charge >= 0.3 is 0 Å². The second-order valence-electron chi connectivity index (χ2n) is 5.25. The lowest BCUT2D eigenvalue weighted by Gasteiger charge is -2.32. The molecular weight excluding hydrogens is 222 g/mol. The van der Waals surface area contributed by atoms with Crippen molar-refractivity contribution in [1.29, 1.82) is 0 Å². The van der Waals surface area contributed by atoms with Gasteiger partial charge in [0.05, 0.1) is 0 Å². The van der Waals surface area contributed by atoms with Crippen molar-refractivity contribution in [3.05, 3.63) is 35.4 Å². The average Bonchev–Trinajstić information content (AvgIpc) is 2.41. The minimum absolute atomic E-state index is 1.05. The normalized spacial score (nSPS) is 18.1. The summed E-state index contributed by atoms with van der Waals surface area (Å²) in [5, 5.41) is 3.19. The first-order valence-corrected chi connectivity index (χ1v) is 6.91. The van der Waals surface area contributed by atoms with Gasteiger partial charge in [-0.15, -0.1) is 0 Å². The predicted molar refractivity (Wildman–Crippen MR) is 76.8 cm³/mol. The Kier molecular flexibility index (Phi) is 5.17.